The first-order chi connectivity index (χ1) is 7.95. The average molecular weight is 305 g/mol. The van der Waals surface area contributed by atoms with Crippen LogP contribution in [0.25, 0.3) is 0 Å². The zero-order valence-corrected chi connectivity index (χ0v) is 10.5. The van der Waals surface area contributed by atoms with Crippen molar-refractivity contribution < 1.29 is 14.1 Å². The number of nitrogens with one attached hydrogen (secondary N) is 1. The fourth-order valence-corrected chi connectivity index (χ4v) is 1.23. The highest BCUT2D eigenvalue weighted by Crippen LogP contribution is 2.22. The van der Waals surface area contributed by atoms with Crippen molar-refractivity contribution in [3.8, 4) is 0 Å². The Labute approximate surface area is 105 Å². The van der Waals surface area contributed by atoms with Crippen LogP contribution in [0.5, 0.6) is 0 Å². The molecule has 0 saturated carbocycles. The predicted octanol–water partition coefficient (Wildman–Crippen LogP) is 2.85. The molecule has 92 valence electrons. The van der Waals surface area contributed by atoms with Gasteiger partial charge in [-0.2, -0.15) is 0 Å². The number of non-ortho nitro benzene ring substituents is 1. The van der Waals surface area contributed by atoms with Gasteiger partial charge >= 0.3 is 0 Å². The van der Waals surface area contributed by atoms with E-state index in [1.165, 1.54) is 0 Å². The number of carbonyl (C=O) groups is 1. The van der Waals surface area contributed by atoms with E-state index < -0.39 is 21.5 Å². The molecule has 5 nitrogen and oxygen atoms in total. The van der Waals surface area contributed by atoms with E-state index in [1.54, 1.807) is 6.92 Å². The summed E-state index contributed by atoms with van der Waals surface area (Å²) in [6.45, 7) is 1.78. The summed E-state index contributed by atoms with van der Waals surface area (Å²) in [4.78, 5) is 20.9. The Morgan fingerprint density at radius 2 is 2.29 bits per heavy atom. The van der Waals surface area contributed by atoms with Crippen LogP contribution in [0.1, 0.15) is 13.3 Å². The molecule has 0 aliphatic heterocycles. The zero-order valence-electron chi connectivity index (χ0n) is 8.94. The molecule has 0 fully saturated rings. The van der Waals surface area contributed by atoms with Gasteiger partial charge in [0.05, 0.1) is 15.4 Å². The predicted molar refractivity (Wildman–Crippen MR) is 64.7 cm³/mol. The zero-order chi connectivity index (χ0) is 13.0. The molecule has 1 N–H and O–H groups in total. The lowest BCUT2D eigenvalue weighted by molar-refractivity contribution is -0.384. The molecule has 0 spiro atoms. The molecule has 0 saturated heterocycles. The molecule has 0 aliphatic carbocycles. The molecular weight excluding hydrogens is 295 g/mol. The van der Waals surface area contributed by atoms with Crippen LogP contribution in [-0.4, -0.2) is 15.7 Å². The van der Waals surface area contributed by atoms with Crippen LogP contribution in [0.2, 0.25) is 0 Å². The van der Waals surface area contributed by atoms with E-state index in [2.05, 4.69) is 21.2 Å². The van der Waals surface area contributed by atoms with Crippen molar-refractivity contribution in [2.24, 2.45) is 0 Å². The van der Waals surface area contributed by atoms with Gasteiger partial charge in [-0.15, -0.1) is 0 Å². The van der Waals surface area contributed by atoms with Gasteiger partial charge in [0.25, 0.3) is 5.69 Å². The number of alkyl halides is 1. The van der Waals surface area contributed by atoms with Gasteiger partial charge in [-0.3, -0.25) is 14.9 Å². The number of nitrogens with zero attached hydrogens (tertiary/aromatic N) is 1. The van der Waals surface area contributed by atoms with E-state index >= 15 is 0 Å². The number of carbonyl (C=O) groups excluding carboxylic acids is 1. The van der Waals surface area contributed by atoms with Gasteiger partial charge in [-0.25, -0.2) is 4.39 Å². The minimum absolute atomic E-state index is 0.192. The van der Waals surface area contributed by atoms with E-state index in [0.29, 0.717) is 6.42 Å². The smallest absolute Gasteiger partial charge is 0.271 e. The Balaban J connectivity index is 2.94. The van der Waals surface area contributed by atoms with Crippen LogP contribution in [0, 0.1) is 15.9 Å². The van der Waals surface area contributed by atoms with Crippen molar-refractivity contribution in [3.63, 3.8) is 0 Å². The number of hydrogen-bond donors (Lipinski definition) is 1. The first-order valence-corrected chi connectivity index (χ1v) is 5.76. The molecule has 1 unspecified atom stereocenters. The SMILES string of the molecule is CCC(Br)C(=O)Nc1cc([N+](=O)[O-])ccc1F. The van der Waals surface area contributed by atoms with Gasteiger partial charge in [0, 0.05) is 12.1 Å². The van der Waals surface area contributed by atoms with Crippen molar-refractivity contribution in [3.05, 3.63) is 34.1 Å². The van der Waals surface area contributed by atoms with Crippen LogP contribution in [0.15, 0.2) is 18.2 Å². The normalized spacial score (nSPS) is 11.9. The second-order valence-corrected chi connectivity index (χ2v) is 4.39. The van der Waals surface area contributed by atoms with E-state index in [-0.39, 0.29) is 11.4 Å². The summed E-state index contributed by atoms with van der Waals surface area (Å²) in [7, 11) is 0. The molecule has 1 rings (SSSR count). The fraction of sp³-hybridized carbons (Fsp3) is 0.300. The Kier molecular flexibility index (Phi) is 4.56. The Morgan fingerprint density at radius 3 is 2.82 bits per heavy atom. The highest BCUT2D eigenvalue weighted by Gasteiger charge is 2.16. The molecule has 1 amide bonds. The maximum absolute atomic E-state index is 13.3. The summed E-state index contributed by atoms with van der Waals surface area (Å²) in [6, 6.07) is 2.97. The quantitative estimate of drug-likeness (QED) is 0.528. The molecule has 7 heteroatoms. The second-order valence-electron chi connectivity index (χ2n) is 3.29. The van der Waals surface area contributed by atoms with Gasteiger partial charge < -0.3 is 5.32 Å². The van der Waals surface area contributed by atoms with Gasteiger partial charge in [-0.1, -0.05) is 22.9 Å². The third-order valence-electron chi connectivity index (χ3n) is 2.06. The van der Waals surface area contributed by atoms with Crippen LogP contribution in [-0.2, 0) is 4.79 Å². The van der Waals surface area contributed by atoms with Gasteiger partial charge in [0.2, 0.25) is 5.91 Å². The van der Waals surface area contributed by atoms with E-state index in [1.807, 2.05) is 0 Å². The maximum Gasteiger partial charge on any atom is 0.271 e. The summed E-state index contributed by atoms with van der Waals surface area (Å²) in [5, 5.41) is 12.8. The van der Waals surface area contributed by atoms with E-state index in [0.717, 1.165) is 18.2 Å². The molecule has 0 heterocycles. The van der Waals surface area contributed by atoms with Crippen molar-refractivity contribution >= 4 is 33.2 Å². The molecule has 0 aromatic heterocycles. The number of rotatable bonds is 4. The van der Waals surface area contributed by atoms with Crippen LogP contribution in [0.4, 0.5) is 15.8 Å². The van der Waals surface area contributed by atoms with Gasteiger partial charge in [0.15, 0.2) is 0 Å². The topological polar surface area (TPSA) is 72.2 Å². The molecule has 0 bridgehead atoms. The minimum atomic E-state index is -0.709. The monoisotopic (exact) mass is 304 g/mol. The lowest BCUT2D eigenvalue weighted by Crippen LogP contribution is -2.22. The molecule has 17 heavy (non-hydrogen) atoms. The third-order valence-corrected chi connectivity index (χ3v) is 3.12. The summed E-state index contributed by atoms with van der Waals surface area (Å²) >= 11 is 3.10. The number of hydrogen-bond acceptors (Lipinski definition) is 3. The highest BCUT2D eigenvalue weighted by molar-refractivity contribution is 9.10. The summed E-state index contributed by atoms with van der Waals surface area (Å²) in [5.41, 5.74) is -0.466. The summed E-state index contributed by atoms with van der Waals surface area (Å²) in [6.07, 6.45) is 0.530. The van der Waals surface area contributed by atoms with Crippen LogP contribution < -0.4 is 5.32 Å². The number of anilines is 1. The summed E-state index contributed by atoms with van der Waals surface area (Å²) in [5.74, 6) is -1.15. The van der Waals surface area contributed by atoms with Crippen molar-refractivity contribution in [1.82, 2.24) is 0 Å². The maximum atomic E-state index is 13.3. The van der Waals surface area contributed by atoms with Crippen molar-refractivity contribution in [1.29, 1.82) is 0 Å². The molecule has 1 aromatic carbocycles. The van der Waals surface area contributed by atoms with E-state index in [4.69, 9.17) is 0 Å². The molecule has 1 aromatic rings. The second kappa shape index (κ2) is 5.72. The largest absolute Gasteiger partial charge is 0.322 e. The lowest BCUT2D eigenvalue weighted by atomic mass is 10.2. The molecule has 0 radical (unpaired) electrons. The summed E-state index contributed by atoms with van der Waals surface area (Å²) < 4.78 is 13.3. The molecule has 1 atom stereocenters. The molecule has 0 aliphatic rings. The van der Waals surface area contributed by atoms with Crippen molar-refractivity contribution in [2.45, 2.75) is 18.2 Å². The Morgan fingerprint density at radius 1 is 1.65 bits per heavy atom. The van der Waals surface area contributed by atoms with Gasteiger partial charge in [0.1, 0.15) is 5.82 Å². The first-order valence-electron chi connectivity index (χ1n) is 4.84. The lowest BCUT2D eigenvalue weighted by Gasteiger charge is -2.09. The first kappa shape index (κ1) is 13.6. The van der Waals surface area contributed by atoms with Gasteiger partial charge in [-0.05, 0) is 12.5 Å². The fourth-order valence-electron chi connectivity index (χ4n) is 1.12. The van der Waals surface area contributed by atoms with Crippen molar-refractivity contribution in [2.75, 3.05) is 5.32 Å². The number of benzene rings is 1. The minimum Gasteiger partial charge on any atom is -0.322 e. The number of nitro benzene ring substituents is 1. The number of nitro groups is 1. The third kappa shape index (κ3) is 3.48. The highest BCUT2D eigenvalue weighted by atomic mass is 79.9. The molecular formula is C10H10BrFN2O3. The number of halogens is 2. The number of amides is 1. The Bertz CT molecular complexity index is 453. The average Bonchev–Trinajstić information content (AvgIpc) is 2.30. The van der Waals surface area contributed by atoms with Crippen LogP contribution >= 0.6 is 15.9 Å². The standard InChI is InChI=1S/C10H10BrFN2O3/c1-2-7(11)10(15)13-9-5-6(14(16)17)3-4-8(9)12/h3-5,7H,2H2,1H3,(H,13,15). The Hall–Kier alpha value is -1.50. The van der Waals surface area contributed by atoms with Crippen LogP contribution in [0.3, 0.4) is 0 Å². The van der Waals surface area contributed by atoms with E-state index in [9.17, 15) is 19.3 Å².